The molecule has 0 saturated carbocycles. The average molecular weight is 203 g/mol. The molecule has 15 heavy (non-hydrogen) atoms. The fourth-order valence-corrected chi connectivity index (χ4v) is 2.29. The molecule has 2 rings (SSSR count). The Hall–Kier alpha value is -0.980. The number of hydrogen-bond donors (Lipinski definition) is 0. The molecule has 1 nitrogen and oxygen atoms in total. The van der Waals surface area contributed by atoms with E-state index in [2.05, 4.69) is 55.3 Å². The van der Waals surface area contributed by atoms with Gasteiger partial charge in [-0.1, -0.05) is 44.2 Å². The van der Waals surface area contributed by atoms with Crippen molar-refractivity contribution in [1.82, 2.24) is 4.90 Å². The van der Waals surface area contributed by atoms with Gasteiger partial charge in [0.05, 0.1) is 0 Å². The van der Waals surface area contributed by atoms with Crippen molar-refractivity contribution in [3.63, 3.8) is 0 Å². The molecule has 1 heterocycles. The number of nitrogens with zero attached hydrogens (tertiary/aromatic N) is 1. The van der Waals surface area contributed by atoms with Gasteiger partial charge >= 0.3 is 0 Å². The Bertz CT molecular complexity index is 300. The molecule has 82 valence electrons. The zero-order valence-corrected chi connectivity index (χ0v) is 9.82. The van der Waals surface area contributed by atoms with Crippen LogP contribution in [0, 0.1) is 11.3 Å². The fourth-order valence-electron chi connectivity index (χ4n) is 2.29. The fraction of sp³-hybridized carbons (Fsp3) is 0.571. The maximum absolute atomic E-state index is 2.46. The van der Waals surface area contributed by atoms with E-state index >= 15 is 0 Å². The molecule has 0 N–H and O–H groups in total. The van der Waals surface area contributed by atoms with Crippen LogP contribution in [0.3, 0.4) is 0 Å². The van der Waals surface area contributed by atoms with Crippen LogP contribution in [-0.4, -0.2) is 18.0 Å². The zero-order chi connectivity index (χ0) is 10.7. The molecule has 2 unspecified atom stereocenters. The molecule has 1 aliphatic carbocycles. The highest BCUT2D eigenvalue weighted by atomic mass is 15.1. The Kier molecular flexibility index (Phi) is 2.99. The Morgan fingerprint density at radius 2 is 2.27 bits per heavy atom. The highest BCUT2D eigenvalue weighted by molar-refractivity contribution is 5.16. The summed E-state index contributed by atoms with van der Waals surface area (Å²) in [5.74, 6) is 0.760. The molecule has 0 aromatic carbocycles. The van der Waals surface area contributed by atoms with Crippen molar-refractivity contribution >= 4 is 0 Å². The van der Waals surface area contributed by atoms with Crippen molar-refractivity contribution in [2.75, 3.05) is 13.1 Å². The number of rotatable bonds is 2. The summed E-state index contributed by atoms with van der Waals surface area (Å²) in [5.41, 5.74) is 0.333. The van der Waals surface area contributed by atoms with Crippen molar-refractivity contribution < 1.29 is 0 Å². The molecular formula is C14H21N. The van der Waals surface area contributed by atoms with Crippen LogP contribution in [-0.2, 0) is 0 Å². The standard InChI is InChI=1S/C14H21N/c1-13-6-10-15(11-7-13)12-14(2)8-4-3-5-9-14/h3-6,8,10,13H,7,9,11-12H2,1-2H3. The summed E-state index contributed by atoms with van der Waals surface area (Å²) in [6, 6.07) is 0. The highest BCUT2D eigenvalue weighted by Gasteiger charge is 2.24. The minimum Gasteiger partial charge on any atom is -0.377 e. The molecule has 0 bridgehead atoms. The van der Waals surface area contributed by atoms with Gasteiger partial charge in [0, 0.05) is 18.5 Å². The quantitative estimate of drug-likeness (QED) is 0.665. The van der Waals surface area contributed by atoms with Crippen molar-refractivity contribution in [3.8, 4) is 0 Å². The third kappa shape index (κ3) is 2.74. The Labute approximate surface area is 93.2 Å². The van der Waals surface area contributed by atoms with E-state index in [0.717, 1.165) is 12.5 Å². The van der Waals surface area contributed by atoms with Gasteiger partial charge in [0.15, 0.2) is 0 Å². The minimum atomic E-state index is 0.333. The molecular weight excluding hydrogens is 182 g/mol. The van der Waals surface area contributed by atoms with Gasteiger partial charge in [-0.05, 0) is 25.0 Å². The predicted molar refractivity (Wildman–Crippen MR) is 65.5 cm³/mol. The van der Waals surface area contributed by atoms with Crippen LogP contribution in [0.5, 0.6) is 0 Å². The minimum absolute atomic E-state index is 0.333. The third-order valence-electron chi connectivity index (χ3n) is 3.39. The molecule has 0 fully saturated rings. The van der Waals surface area contributed by atoms with Crippen LogP contribution in [0.1, 0.15) is 26.7 Å². The number of allylic oxidation sites excluding steroid dienone is 4. The van der Waals surface area contributed by atoms with Gasteiger partial charge in [0.1, 0.15) is 0 Å². The van der Waals surface area contributed by atoms with E-state index in [-0.39, 0.29) is 0 Å². The maximum atomic E-state index is 2.46. The monoisotopic (exact) mass is 203 g/mol. The average Bonchev–Trinajstić information content (AvgIpc) is 2.22. The van der Waals surface area contributed by atoms with Crippen LogP contribution >= 0.6 is 0 Å². The lowest BCUT2D eigenvalue weighted by atomic mass is 9.83. The van der Waals surface area contributed by atoms with Crippen LogP contribution in [0.2, 0.25) is 0 Å². The van der Waals surface area contributed by atoms with Gasteiger partial charge in [0.25, 0.3) is 0 Å². The zero-order valence-electron chi connectivity index (χ0n) is 9.82. The van der Waals surface area contributed by atoms with Crippen LogP contribution in [0.4, 0.5) is 0 Å². The molecule has 2 atom stereocenters. The lowest BCUT2D eigenvalue weighted by Crippen LogP contribution is -2.34. The lowest BCUT2D eigenvalue weighted by Gasteiger charge is -2.35. The van der Waals surface area contributed by atoms with E-state index in [4.69, 9.17) is 0 Å². The van der Waals surface area contributed by atoms with E-state index in [1.165, 1.54) is 19.4 Å². The summed E-state index contributed by atoms with van der Waals surface area (Å²) >= 11 is 0. The first kappa shape index (κ1) is 10.5. The van der Waals surface area contributed by atoms with E-state index in [9.17, 15) is 0 Å². The largest absolute Gasteiger partial charge is 0.377 e. The first-order valence-electron chi connectivity index (χ1n) is 5.95. The predicted octanol–water partition coefficient (Wildman–Crippen LogP) is 3.36. The molecule has 0 saturated heterocycles. The molecule has 0 aromatic heterocycles. The SMILES string of the molecule is CC1C=CN(CC2(C)C=CC=CC2)CC1. The van der Waals surface area contributed by atoms with E-state index in [0.29, 0.717) is 5.41 Å². The molecule has 0 aromatic rings. The second-order valence-electron chi connectivity index (χ2n) is 5.22. The van der Waals surface area contributed by atoms with Crippen LogP contribution < -0.4 is 0 Å². The summed E-state index contributed by atoms with van der Waals surface area (Å²) < 4.78 is 0. The van der Waals surface area contributed by atoms with E-state index in [1.807, 2.05) is 0 Å². The smallest absolute Gasteiger partial charge is 0.0264 e. The van der Waals surface area contributed by atoms with Gasteiger partial charge in [0.2, 0.25) is 0 Å². The maximum Gasteiger partial charge on any atom is 0.0264 e. The van der Waals surface area contributed by atoms with Gasteiger partial charge in [-0.2, -0.15) is 0 Å². The van der Waals surface area contributed by atoms with Crippen LogP contribution in [0.25, 0.3) is 0 Å². The van der Waals surface area contributed by atoms with Crippen molar-refractivity contribution in [2.45, 2.75) is 26.7 Å². The summed E-state index contributed by atoms with van der Waals surface area (Å²) in [6.07, 6.45) is 16.0. The van der Waals surface area contributed by atoms with Gasteiger partial charge in [-0.3, -0.25) is 0 Å². The van der Waals surface area contributed by atoms with Crippen molar-refractivity contribution in [2.24, 2.45) is 11.3 Å². The van der Waals surface area contributed by atoms with Crippen molar-refractivity contribution in [1.29, 1.82) is 0 Å². The molecule has 2 aliphatic rings. The molecule has 0 radical (unpaired) electrons. The summed E-state index contributed by atoms with van der Waals surface area (Å²) in [7, 11) is 0. The molecule has 0 spiro atoms. The molecule has 1 aliphatic heterocycles. The molecule has 1 heteroatoms. The van der Waals surface area contributed by atoms with Crippen LogP contribution in [0.15, 0.2) is 36.6 Å². The summed E-state index contributed by atoms with van der Waals surface area (Å²) in [5, 5.41) is 0. The Morgan fingerprint density at radius 3 is 2.87 bits per heavy atom. The first-order chi connectivity index (χ1) is 7.18. The number of hydrogen-bond acceptors (Lipinski definition) is 1. The topological polar surface area (TPSA) is 3.24 Å². The lowest BCUT2D eigenvalue weighted by molar-refractivity contribution is 0.241. The van der Waals surface area contributed by atoms with Gasteiger partial charge in [-0.25, -0.2) is 0 Å². The summed E-state index contributed by atoms with van der Waals surface area (Å²) in [6.45, 7) is 7.00. The summed E-state index contributed by atoms with van der Waals surface area (Å²) in [4.78, 5) is 2.46. The normalized spacial score (nSPS) is 34.8. The van der Waals surface area contributed by atoms with Gasteiger partial charge in [-0.15, -0.1) is 0 Å². The third-order valence-corrected chi connectivity index (χ3v) is 3.39. The Balaban J connectivity index is 1.94. The highest BCUT2D eigenvalue weighted by Crippen LogP contribution is 2.29. The first-order valence-corrected chi connectivity index (χ1v) is 5.95. The van der Waals surface area contributed by atoms with Crippen molar-refractivity contribution in [3.05, 3.63) is 36.6 Å². The van der Waals surface area contributed by atoms with E-state index in [1.54, 1.807) is 0 Å². The van der Waals surface area contributed by atoms with Gasteiger partial charge < -0.3 is 4.90 Å². The van der Waals surface area contributed by atoms with E-state index < -0.39 is 0 Å². The molecule has 0 amide bonds. The second-order valence-corrected chi connectivity index (χ2v) is 5.22. The Morgan fingerprint density at radius 1 is 1.40 bits per heavy atom. The second kappa shape index (κ2) is 4.26.